The number of urea groups is 1. The van der Waals surface area contributed by atoms with Crippen molar-refractivity contribution >= 4 is 38.2 Å². The molecule has 2 rings (SSSR count). The molecule has 0 aromatic carbocycles. The molecule has 1 atom stereocenters. The van der Waals surface area contributed by atoms with E-state index in [9.17, 15) is 18.0 Å². The molecule has 0 spiro atoms. The first kappa shape index (κ1) is 14.8. The van der Waals surface area contributed by atoms with Gasteiger partial charge in [-0.2, -0.15) is 0 Å². The fraction of sp³-hybridized carbons (Fsp3) is 0.455. The van der Waals surface area contributed by atoms with Crippen LogP contribution >= 0.6 is 11.3 Å². The number of nitrogens with one attached hydrogen (secondary N) is 2. The molecule has 1 fully saturated rings. The lowest BCUT2D eigenvalue weighted by Crippen LogP contribution is -2.44. The van der Waals surface area contributed by atoms with Crippen molar-refractivity contribution < 1.29 is 23.1 Å². The number of sulfone groups is 1. The smallest absolute Gasteiger partial charge is 0.338 e. The van der Waals surface area contributed by atoms with E-state index in [1.54, 1.807) is 5.38 Å². The molecular weight excluding hydrogens is 304 g/mol. The fourth-order valence-corrected chi connectivity index (χ4v) is 4.45. The standard InChI is InChI=1S/C11H14N2O5S2/c14-10(15)8-3-4-19-9(8)13-11(16)12-7-2-1-5-20(17,18)6-7/h3-4,7H,1-2,5-6H2,(H,14,15)(H2,12,13,16). The summed E-state index contributed by atoms with van der Waals surface area (Å²) in [5.41, 5.74) is 0.0152. The van der Waals surface area contributed by atoms with Crippen molar-refractivity contribution in [3.8, 4) is 0 Å². The number of carbonyl (C=O) groups is 2. The van der Waals surface area contributed by atoms with E-state index in [0.717, 1.165) is 11.3 Å². The summed E-state index contributed by atoms with van der Waals surface area (Å²) in [5, 5.41) is 15.7. The lowest BCUT2D eigenvalue weighted by molar-refractivity contribution is 0.0698. The van der Waals surface area contributed by atoms with Gasteiger partial charge in [-0.3, -0.25) is 5.32 Å². The molecule has 0 bridgehead atoms. The van der Waals surface area contributed by atoms with Crippen LogP contribution in [0.15, 0.2) is 11.4 Å². The minimum Gasteiger partial charge on any atom is -0.478 e. The van der Waals surface area contributed by atoms with Crippen molar-refractivity contribution in [3.63, 3.8) is 0 Å². The summed E-state index contributed by atoms with van der Waals surface area (Å²) in [6.07, 6.45) is 1.12. The largest absolute Gasteiger partial charge is 0.478 e. The highest BCUT2D eigenvalue weighted by atomic mass is 32.2. The Morgan fingerprint density at radius 2 is 2.15 bits per heavy atom. The van der Waals surface area contributed by atoms with Crippen LogP contribution in [0.2, 0.25) is 0 Å². The van der Waals surface area contributed by atoms with Gasteiger partial charge in [0.2, 0.25) is 0 Å². The summed E-state index contributed by atoms with van der Waals surface area (Å²) in [6, 6.07) is 0.382. The van der Waals surface area contributed by atoms with Crippen molar-refractivity contribution in [3.05, 3.63) is 17.0 Å². The van der Waals surface area contributed by atoms with E-state index in [1.807, 2.05) is 0 Å². The molecule has 0 saturated carbocycles. The molecule has 7 nitrogen and oxygen atoms in total. The predicted octanol–water partition coefficient (Wildman–Crippen LogP) is 1.15. The van der Waals surface area contributed by atoms with Crippen LogP contribution in [0, 0.1) is 0 Å². The van der Waals surface area contributed by atoms with Gasteiger partial charge in [0.15, 0.2) is 9.84 Å². The third kappa shape index (κ3) is 3.70. The molecule has 0 radical (unpaired) electrons. The van der Waals surface area contributed by atoms with Crippen molar-refractivity contribution in [1.82, 2.24) is 5.32 Å². The predicted molar refractivity (Wildman–Crippen MR) is 75.1 cm³/mol. The number of anilines is 1. The highest BCUT2D eigenvalue weighted by Crippen LogP contribution is 2.23. The zero-order valence-electron chi connectivity index (χ0n) is 10.5. The molecule has 0 aliphatic carbocycles. The summed E-state index contributed by atoms with van der Waals surface area (Å²) < 4.78 is 22.9. The highest BCUT2D eigenvalue weighted by molar-refractivity contribution is 7.91. The molecule has 1 aliphatic rings. The van der Waals surface area contributed by atoms with Crippen LogP contribution in [0.4, 0.5) is 9.80 Å². The molecule has 1 aromatic heterocycles. The first-order valence-electron chi connectivity index (χ1n) is 5.96. The van der Waals surface area contributed by atoms with Gasteiger partial charge in [0.05, 0.1) is 17.1 Å². The lowest BCUT2D eigenvalue weighted by Gasteiger charge is -2.22. The molecule has 110 valence electrons. The number of hydrogen-bond acceptors (Lipinski definition) is 5. The topological polar surface area (TPSA) is 113 Å². The van der Waals surface area contributed by atoms with Gasteiger partial charge in [0.25, 0.3) is 0 Å². The summed E-state index contributed by atoms with van der Waals surface area (Å²) >= 11 is 1.10. The number of carbonyl (C=O) groups excluding carboxylic acids is 1. The number of carboxylic acid groups (broad SMARTS) is 1. The Hall–Kier alpha value is -1.61. The maximum atomic E-state index is 11.8. The molecule has 20 heavy (non-hydrogen) atoms. The second kappa shape index (κ2) is 5.80. The fourth-order valence-electron chi connectivity index (χ4n) is 2.04. The molecule has 1 aliphatic heterocycles. The monoisotopic (exact) mass is 318 g/mol. The van der Waals surface area contributed by atoms with Crippen molar-refractivity contribution in [1.29, 1.82) is 0 Å². The average molecular weight is 318 g/mol. The summed E-state index contributed by atoms with van der Waals surface area (Å²) in [4.78, 5) is 22.7. The van der Waals surface area contributed by atoms with E-state index in [4.69, 9.17) is 5.11 Å². The van der Waals surface area contributed by atoms with Gasteiger partial charge in [-0.15, -0.1) is 11.3 Å². The van der Waals surface area contributed by atoms with Gasteiger partial charge in [0, 0.05) is 6.04 Å². The Morgan fingerprint density at radius 1 is 1.40 bits per heavy atom. The maximum absolute atomic E-state index is 11.8. The molecule has 1 unspecified atom stereocenters. The second-order valence-electron chi connectivity index (χ2n) is 4.52. The average Bonchev–Trinajstić information content (AvgIpc) is 2.75. The molecule has 2 amide bonds. The molecule has 9 heteroatoms. The van der Waals surface area contributed by atoms with Gasteiger partial charge in [-0.25, -0.2) is 18.0 Å². The molecule has 1 aromatic rings. The Bertz CT molecular complexity index is 623. The van der Waals surface area contributed by atoms with Crippen LogP contribution in [0.5, 0.6) is 0 Å². The van der Waals surface area contributed by atoms with Crippen LogP contribution < -0.4 is 10.6 Å². The molecule has 1 saturated heterocycles. The van der Waals surface area contributed by atoms with Gasteiger partial charge in [0.1, 0.15) is 5.00 Å². The van der Waals surface area contributed by atoms with Crippen LogP contribution in [0.3, 0.4) is 0 Å². The number of hydrogen-bond donors (Lipinski definition) is 3. The van der Waals surface area contributed by atoms with Crippen molar-refractivity contribution in [2.75, 3.05) is 16.8 Å². The molecule has 2 heterocycles. The van der Waals surface area contributed by atoms with E-state index in [-0.39, 0.29) is 22.1 Å². The van der Waals surface area contributed by atoms with Crippen LogP contribution in [-0.4, -0.2) is 43.1 Å². The Kier molecular flexibility index (Phi) is 4.29. The number of thiophene rings is 1. The lowest BCUT2D eigenvalue weighted by atomic mass is 10.2. The Labute approximate surface area is 119 Å². The van der Waals surface area contributed by atoms with Crippen LogP contribution in [0.1, 0.15) is 23.2 Å². The first-order chi connectivity index (χ1) is 9.37. The maximum Gasteiger partial charge on any atom is 0.338 e. The SMILES string of the molecule is O=C(Nc1sccc1C(=O)O)NC1CCCS(=O)(=O)C1. The number of carboxylic acids is 1. The molecule has 3 N–H and O–H groups in total. The van der Waals surface area contributed by atoms with E-state index in [2.05, 4.69) is 10.6 Å². The summed E-state index contributed by atoms with van der Waals surface area (Å²) in [6.45, 7) is 0. The van der Waals surface area contributed by atoms with Crippen LogP contribution in [-0.2, 0) is 9.84 Å². The van der Waals surface area contributed by atoms with E-state index in [1.165, 1.54) is 6.07 Å². The van der Waals surface area contributed by atoms with Gasteiger partial charge in [-0.05, 0) is 24.3 Å². The minimum atomic E-state index is -3.10. The van der Waals surface area contributed by atoms with Gasteiger partial charge in [-0.1, -0.05) is 0 Å². The van der Waals surface area contributed by atoms with Gasteiger partial charge >= 0.3 is 12.0 Å². The van der Waals surface area contributed by atoms with Crippen LogP contribution in [0.25, 0.3) is 0 Å². The second-order valence-corrected chi connectivity index (χ2v) is 7.67. The normalized spacial score (nSPS) is 21.1. The number of aromatic carboxylic acids is 1. The molecular formula is C11H14N2O5S2. The zero-order valence-corrected chi connectivity index (χ0v) is 12.1. The van der Waals surface area contributed by atoms with E-state index in [0.29, 0.717) is 12.8 Å². The third-order valence-corrected chi connectivity index (χ3v) is 5.57. The minimum absolute atomic E-state index is 0.0152. The zero-order chi connectivity index (χ0) is 14.8. The van der Waals surface area contributed by atoms with E-state index < -0.39 is 27.9 Å². The van der Waals surface area contributed by atoms with E-state index >= 15 is 0 Å². The summed E-state index contributed by atoms with van der Waals surface area (Å²) in [7, 11) is -3.10. The number of amides is 2. The Balaban J connectivity index is 1.96. The third-order valence-electron chi connectivity index (χ3n) is 2.92. The quantitative estimate of drug-likeness (QED) is 0.773. The first-order valence-corrected chi connectivity index (χ1v) is 8.66. The highest BCUT2D eigenvalue weighted by Gasteiger charge is 2.26. The number of rotatable bonds is 3. The van der Waals surface area contributed by atoms with Gasteiger partial charge < -0.3 is 10.4 Å². The van der Waals surface area contributed by atoms with Crippen molar-refractivity contribution in [2.24, 2.45) is 0 Å². The van der Waals surface area contributed by atoms with Crippen molar-refractivity contribution in [2.45, 2.75) is 18.9 Å². The Morgan fingerprint density at radius 3 is 2.80 bits per heavy atom. The summed E-state index contributed by atoms with van der Waals surface area (Å²) in [5.74, 6) is -1.04.